The molecule has 0 saturated heterocycles. The van der Waals surface area contributed by atoms with Crippen molar-refractivity contribution in [2.24, 2.45) is 4.99 Å². The topological polar surface area (TPSA) is 52.8 Å². The summed E-state index contributed by atoms with van der Waals surface area (Å²) >= 11 is 0. The molecule has 2 aliphatic rings. The summed E-state index contributed by atoms with van der Waals surface area (Å²) in [5.74, 6) is 1.24. The van der Waals surface area contributed by atoms with Crippen LogP contribution in [0.3, 0.4) is 0 Å². The number of pyridine rings is 1. The molecule has 0 N–H and O–H groups in total. The van der Waals surface area contributed by atoms with Crippen LogP contribution in [0.5, 0.6) is 11.5 Å². The van der Waals surface area contributed by atoms with Gasteiger partial charge in [-0.25, -0.2) is 0 Å². The highest BCUT2D eigenvalue weighted by atomic mass is 16.5. The van der Waals surface area contributed by atoms with Gasteiger partial charge in [0.1, 0.15) is 5.49 Å². The Kier molecular flexibility index (Phi) is 5.28. The van der Waals surface area contributed by atoms with Crippen molar-refractivity contribution in [3.63, 3.8) is 0 Å². The van der Waals surface area contributed by atoms with Crippen molar-refractivity contribution in [3.05, 3.63) is 53.1 Å². The lowest BCUT2D eigenvalue weighted by molar-refractivity contribution is 0.0954. The zero-order chi connectivity index (χ0) is 18.6. The Labute approximate surface area is 159 Å². The van der Waals surface area contributed by atoms with Gasteiger partial charge in [0.15, 0.2) is 11.5 Å². The first kappa shape index (κ1) is 17.8. The lowest BCUT2D eigenvalue weighted by Crippen LogP contribution is -2.29. The lowest BCUT2D eigenvalue weighted by Gasteiger charge is -2.18. The van der Waals surface area contributed by atoms with Crippen LogP contribution in [0.15, 0.2) is 41.5 Å². The number of hydrogen-bond donors (Lipinski definition) is 0. The molecule has 2 heterocycles. The van der Waals surface area contributed by atoms with E-state index in [4.69, 9.17) is 14.5 Å². The second kappa shape index (κ2) is 7.99. The fourth-order valence-electron chi connectivity index (χ4n) is 3.69. The molecule has 5 heteroatoms. The van der Waals surface area contributed by atoms with Gasteiger partial charge in [0.2, 0.25) is 0 Å². The number of fused-ring (bicyclic) bond motifs is 1. The Hall–Kier alpha value is -2.56. The summed E-state index contributed by atoms with van der Waals surface area (Å²) in [5, 5.41) is 0. The standard InChI is InChI=1S/C22H26N2O3/c1-16-10-11-24(21(14-16)23-18-6-3-2-4-7-18)22(25)17-8-9-19-20(15-17)27-13-5-12-26-19/h8-11,14-15,18H,2-7,12-13H2,1H3. The van der Waals surface area contributed by atoms with E-state index in [9.17, 15) is 4.79 Å². The fraction of sp³-hybridized carbons (Fsp3) is 0.455. The zero-order valence-electron chi connectivity index (χ0n) is 15.8. The Morgan fingerprint density at radius 2 is 1.78 bits per heavy atom. The van der Waals surface area contributed by atoms with Crippen molar-refractivity contribution < 1.29 is 14.3 Å². The average Bonchev–Trinajstić information content (AvgIpc) is 2.93. The third kappa shape index (κ3) is 4.07. The van der Waals surface area contributed by atoms with E-state index in [2.05, 4.69) is 0 Å². The van der Waals surface area contributed by atoms with Gasteiger partial charge in [-0.1, -0.05) is 19.3 Å². The largest absolute Gasteiger partial charge is 0.490 e. The van der Waals surface area contributed by atoms with Gasteiger partial charge in [0, 0.05) is 18.2 Å². The van der Waals surface area contributed by atoms with Crippen LogP contribution in [0, 0.1) is 6.92 Å². The minimum atomic E-state index is -0.0970. The van der Waals surface area contributed by atoms with Gasteiger partial charge in [-0.05, 0) is 55.7 Å². The number of aromatic nitrogens is 1. The van der Waals surface area contributed by atoms with Gasteiger partial charge >= 0.3 is 0 Å². The number of hydrogen-bond acceptors (Lipinski definition) is 4. The average molecular weight is 366 g/mol. The van der Waals surface area contributed by atoms with Crippen molar-refractivity contribution in [1.29, 1.82) is 0 Å². The number of carbonyl (C=O) groups is 1. The van der Waals surface area contributed by atoms with E-state index in [1.54, 1.807) is 16.7 Å². The molecule has 1 aromatic heterocycles. The predicted molar refractivity (Wildman–Crippen MR) is 103 cm³/mol. The van der Waals surface area contributed by atoms with Gasteiger partial charge in [-0.15, -0.1) is 0 Å². The zero-order valence-corrected chi connectivity index (χ0v) is 15.8. The van der Waals surface area contributed by atoms with E-state index in [0.717, 1.165) is 30.3 Å². The van der Waals surface area contributed by atoms with Gasteiger partial charge < -0.3 is 9.47 Å². The van der Waals surface area contributed by atoms with E-state index >= 15 is 0 Å². The monoisotopic (exact) mass is 366 g/mol. The number of aryl methyl sites for hydroxylation is 1. The third-order valence-electron chi connectivity index (χ3n) is 5.19. The highest BCUT2D eigenvalue weighted by molar-refractivity contribution is 5.96. The van der Waals surface area contributed by atoms with E-state index < -0.39 is 0 Å². The number of benzene rings is 1. The number of rotatable bonds is 2. The molecule has 0 spiro atoms. The first-order valence-corrected chi connectivity index (χ1v) is 9.88. The normalized spacial score (nSPS) is 18.2. The molecule has 5 nitrogen and oxygen atoms in total. The fourth-order valence-corrected chi connectivity index (χ4v) is 3.69. The van der Waals surface area contributed by atoms with Crippen LogP contribution >= 0.6 is 0 Å². The summed E-state index contributed by atoms with van der Waals surface area (Å²) in [7, 11) is 0. The molecule has 1 saturated carbocycles. The molecule has 4 rings (SSSR count). The minimum absolute atomic E-state index is 0.0970. The van der Waals surface area contributed by atoms with E-state index in [1.807, 2.05) is 31.3 Å². The minimum Gasteiger partial charge on any atom is -0.490 e. The maximum Gasteiger partial charge on any atom is 0.263 e. The maximum atomic E-state index is 13.2. The van der Waals surface area contributed by atoms with Crippen molar-refractivity contribution in [2.45, 2.75) is 51.5 Å². The highest BCUT2D eigenvalue weighted by Crippen LogP contribution is 2.30. The molecule has 0 amide bonds. The molecule has 1 aromatic carbocycles. The Bertz CT molecular complexity index is 895. The summed E-state index contributed by atoms with van der Waals surface area (Å²) in [6, 6.07) is 9.65. The molecule has 1 fully saturated rings. The smallest absolute Gasteiger partial charge is 0.263 e. The molecule has 1 aliphatic carbocycles. The summed E-state index contributed by atoms with van der Waals surface area (Å²) in [6.07, 6.45) is 8.60. The summed E-state index contributed by atoms with van der Waals surface area (Å²) in [4.78, 5) is 18.1. The summed E-state index contributed by atoms with van der Waals surface area (Å²) < 4.78 is 13.1. The van der Waals surface area contributed by atoms with Crippen LogP contribution in [0.4, 0.5) is 0 Å². The summed E-state index contributed by atoms with van der Waals surface area (Å²) in [5.41, 5.74) is 2.42. The van der Waals surface area contributed by atoms with Crippen LogP contribution in [-0.2, 0) is 0 Å². The SMILES string of the molecule is Cc1ccn(C(=O)c2ccc3c(c2)OCCCO3)c(=NC2CCCCC2)c1. The Balaban J connectivity index is 1.69. The predicted octanol–water partition coefficient (Wildman–Crippen LogP) is 3.88. The molecular formula is C22H26N2O3. The number of carbonyl (C=O) groups excluding carboxylic acids is 1. The van der Waals surface area contributed by atoms with Crippen molar-refractivity contribution in [1.82, 2.24) is 4.57 Å². The van der Waals surface area contributed by atoms with E-state index in [0.29, 0.717) is 36.3 Å². The molecule has 27 heavy (non-hydrogen) atoms. The second-order valence-corrected chi connectivity index (χ2v) is 7.37. The van der Waals surface area contributed by atoms with Crippen LogP contribution < -0.4 is 15.0 Å². The molecule has 1 aliphatic heterocycles. The molecule has 0 unspecified atom stereocenters. The highest BCUT2D eigenvalue weighted by Gasteiger charge is 2.17. The van der Waals surface area contributed by atoms with Crippen molar-refractivity contribution in [2.75, 3.05) is 13.2 Å². The van der Waals surface area contributed by atoms with Crippen molar-refractivity contribution >= 4 is 5.91 Å². The third-order valence-corrected chi connectivity index (χ3v) is 5.19. The van der Waals surface area contributed by atoms with Gasteiger partial charge in [0.25, 0.3) is 5.91 Å². The Morgan fingerprint density at radius 3 is 2.59 bits per heavy atom. The Morgan fingerprint density at radius 1 is 1.00 bits per heavy atom. The summed E-state index contributed by atoms with van der Waals surface area (Å²) in [6.45, 7) is 3.27. The van der Waals surface area contributed by atoms with Gasteiger partial charge in [-0.2, -0.15) is 0 Å². The maximum absolute atomic E-state index is 13.2. The molecule has 2 aromatic rings. The van der Waals surface area contributed by atoms with Gasteiger partial charge in [0.05, 0.1) is 19.3 Å². The number of ether oxygens (including phenoxy) is 2. The molecule has 0 radical (unpaired) electrons. The molecule has 0 bridgehead atoms. The van der Waals surface area contributed by atoms with E-state index in [-0.39, 0.29) is 5.91 Å². The second-order valence-electron chi connectivity index (χ2n) is 7.37. The molecule has 0 atom stereocenters. The van der Waals surface area contributed by atoms with Crippen LogP contribution in [0.1, 0.15) is 54.4 Å². The van der Waals surface area contributed by atoms with E-state index in [1.165, 1.54) is 19.3 Å². The van der Waals surface area contributed by atoms with Crippen LogP contribution in [-0.4, -0.2) is 29.7 Å². The van der Waals surface area contributed by atoms with Crippen LogP contribution in [0.25, 0.3) is 0 Å². The first-order chi connectivity index (χ1) is 13.2. The molecule has 142 valence electrons. The quantitative estimate of drug-likeness (QED) is 0.810. The lowest BCUT2D eigenvalue weighted by atomic mass is 9.96. The van der Waals surface area contributed by atoms with Crippen LogP contribution in [0.2, 0.25) is 0 Å². The van der Waals surface area contributed by atoms with Gasteiger partial charge in [-0.3, -0.25) is 14.4 Å². The number of nitrogens with zero attached hydrogens (tertiary/aromatic N) is 2. The first-order valence-electron chi connectivity index (χ1n) is 9.88. The van der Waals surface area contributed by atoms with Crippen molar-refractivity contribution in [3.8, 4) is 11.5 Å². The molecular weight excluding hydrogens is 340 g/mol.